The van der Waals surface area contributed by atoms with Gasteiger partial charge in [0, 0.05) is 24.7 Å². The molecule has 0 atom stereocenters. The quantitative estimate of drug-likeness (QED) is 0.780. The summed E-state index contributed by atoms with van der Waals surface area (Å²) in [5, 5.41) is 16.5. The lowest BCUT2D eigenvalue weighted by molar-refractivity contribution is 0.0690. The molecule has 94 valence electrons. The molecule has 0 aromatic carbocycles. The van der Waals surface area contributed by atoms with Gasteiger partial charge in [-0.3, -0.25) is 4.79 Å². The Bertz CT molecular complexity index is 550. The van der Waals surface area contributed by atoms with Gasteiger partial charge in [0.15, 0.2) is 11.4 Å². The van der Waals surface area contributed by atoms with E-state index in [4.69, 9.17) is 5.11 Å². The first kappa shape index (κ1) is 12.2. The smallest absolute Gasteiger partial charge is 0.356 e. The van der Waals surface area contributed by atoms with E-state index < -0.39 is 5.97 Å². The Balaban J connectivity index is 1.81. The van der Waals surface area contributed by atoms with Crippen molar-refractivity contribution in [1.29, 1.82) is 0 Å². The van der Waals surface area contributed by atoms with E-state index in [1.165, 1.54) is 12.5 Å². The van der Waals surface area contributed by atoms with Gasteiger partial charge in [-0.25, -0.2) is 9.78 Å². The summed E-state index contributed by atoms with van der Waals surface area (Å²) in [6.45, 7) is 0.787. The Labute approximate surface area is 105 Å². The minimum Gasteiger partial charge on any atom is -0.476 e. The maximum absolute atomic E-state index is 11.5. The van der Waals surface area contributed by atoms with E-state index in [1.807, 2.05) is 0 Å². The van der Waals surface area contributed by atoms with Gasteiger partial charge in [-0.1, -0.05) is 4.49 Å². The molecule has 0 unspecified atom stereocenters. The topological polar surface area (TPSA) is 110 Å². The van der Waals surface area contributed by atoms with Gasteiger partial charge in [0.05, 0.1) is 6.33 Å². The molecule has 2 aromatic rings. The summed E-state index contributed by atoms with van der Waals surface area (Å²) in [5.74, 6) is -1.38. The molecule has 0 aliphatic rings. The molecule has 0 aliphatic carbocycles. The maximum atomic E-state index is 11.5. The molecule has 1 amide bonds. The number of carbonyl (C=O) groups excluding carboxylic acids is 1. The van der Waals surface area contributed by atoms with Crippen LogP contribution < -0.4 is 5.32 Å². The number of carboxylic acid groups (broad SMARTS) is 1. The Morgan fingerprint density at radius 1 is 1.44 bits per heavy atom. The lowest BCUT2D eigenvalue weighted by Crippen LogP contribution is -2.27. The average Bonchev–Trinajstić information content (AvgIpc) is 3.00. The number of aromatic nitrogens is 4. The summed E-state index contributed by atoms with van der Waals surface area (Å²) in [5.41, 5.74) is 0.252. The number of carbonyl (C=O) groups is 2. The van der Waals surface area contributed by atoms with Crippen molar-refractivity contribution >= 4 is 23.4 Å². The second-order valence-corrected chi connectivity index (χ2v) is 3.96. The Hall–Kier alpha value is -2.29. The summed E-state index contributed by atoms with van der Waals surface area (Å²) in [6, 6.07) is 0. The minimum atomic E-state index is -1.08. The standard InChI is InChI=1S/C9H9N5O3S/c15-8(7-4-18-13-12-7)10-1-2-14-3-6(9(16)17)11-5-14/h3-5H,1-2H2,(H,10,15)(H,16,17). The monoisotopic (exact) mass is 267 g/mol. The van der Waals surface area contributed by atoms with Crippen molar-refractivity contribution in [2.75, 3.05) is 6.54 Å². The third kappa shape index (κ3) is 2.88. The molecule has 2 N–H and O–H groups in total. The first-order chi connectivity index (χ1) is 8.66. The average molecular weight is 267 g/mol. The van der Waals surface area contributed by atoms with Crippen LogP contribution >= 0.6 is 11.5 Å². The van der Waals surface area contributed by atoms with Crippen LogP contribution in [-0.2, 0) is 6.54 Å². The number of hydrogen-bond donors (Lipinski definition) is 2. The molecule has 0 saturated heterocycles. The Morgan fingerprint density at radius 3 is 2.89 bits per heavy atom. The zero-order chi connectivity index (χ0) is 13.0. The van der Waals surface area contributed by atoms with Crippen LogP contribution in [0.25, 0.3) is 0 Å². The van der Waals surface area contributed by atoms with E-state index in [1.54, 1.807) is 9.95 Å². The maximum Gasteiger partial charge on any atom is 0.356 e. The first-order valence-electron chi connectivity index (χ1n) is 4.97. The van der Waals surface area contributed by atoms with Crippen molar-refractivity contribution in [3.05, 3.63) is 29.3 Å². The largest absolute Gasteiger partial charge is 0.476 e. The number of imidazole rings is 1. The van der Waals surface area contributed by atoms with Gasteiger partial charge in [-0.2, -0.15) is 0 Å². The predicted molar refractivity (Wildman–Crippen MR) is 61.4 cm³/mol. The van der Waals surface area contributed by atoms with Crippen LogP contribution in [0.5, 0.6) is 0 Å². The van der Waals surface area contributed by atoms with Crippen molar-refractivity contribution < 1.29 is 14.7 Å². The fourth-order valence-electron chi connectivity index (χ4n) is 1.25. The summed E-state index contributed by atoms with van der Waals surface area (Å²) < 4.78 is 5.17. The number of amides is 1. The van der Waals surface area contributed by atoms with Gasteiger partial charge < -0.3 is 15.0 Å². The highest BCUT2D eigenvalue weighted by molar-refractivity contribution is 7.03. The number of rotatable bonds is 5. The number of carboxylic acids is 1. The molecule has 0 radical (unpaired) electrons. The van der Waals surface area contributed by atoms with Crippen LogP contribution in [0.2, 0.25) is 0 Å². The Morgan fingerprint density at radius 2 is 2.28 bits per heavy atom. The molecule has 2 heterocycles. The number of aromatic carboxylic acids is 1. The first-order valence-corrected chi connectivity index (χ1v) is 5.81. The van der Waals surface area contributed by atoms with Crippen LogP contribution in [0.1, 0.15) is 21.0 Å². The van der Waals surface area contributed by atoms with Gasteiger partial charge in [0.2, 0.25) is 0 Å². The summed E-state index contributed by atoms with van der Waals surface area (Å²) in [7, 11) is 0. The molecule has 9 heteroatoms. The van der Waals surface area contributed by atoms with Gasteiger partial charge in [-0.05, 0) is 11.5 Å². The van der Waals surface area contributed by atoms with Crippen LogP contribution in [0, 0.1) is 0 Å². The molecule has 8 nitrogen and oxygen atoms in total. The lowest BCUT2D eigenvalue weighted by atomic mass is 10.4. The van der Waals surface area contributed by atoms with Gasteiger partial charge in [0.25, 0.3) is 5.91 Å². The number of nitrogens with zero attached hydrogens (tertiary/aromatic N) is 4. The molecule has 0 spiro atoms. The Kier molecular flexibility index (Phi) is 3.63. The highest BCUT2D eigenvalue weighted by Gasteiger charge is 2.09. The van der Waals surface area contributed by atoms with E-state index in [-0.39, 0.29) is 17.3 Å². The van der Waals surface area contributed by atoms with Crippen LogP contribution in [0.3, 0.4) is 0 Å². The lowest BCUT2D eigenvalue weighted by Gasteiger charge is -2.03. The molecule has 2 rings (SSSR count). The third-order valence-electron chi connectivity index (χ3n) is 2.10. The summed E-state index contributed by atoms with van der Waals surface area (Å²) >= 11 is 1.10. The fraction of sp³-hybridized carbons (Fsp3) is 0.222. The molecule has 0 fully saturated rings. The van der Waals surface area contributed by atoms with E-state index in [0.717, 1.165) is 11.5 Å². The second kappa shape index (κ2) is 5.36. The van der Waals surface area contributed by atoms with Crippen LogP contribution in [-0.4, -0.2) is 42.7 Å². The highest BCUT2D eigenvalue weighted by Crippen LogP contribution is 1.97. The van der Waals surface area contributed by atoms with Gasteiger partial charge >= 0.3 is 5.97 Å². The molecular weight excluding hydrogens is 258 g/mol. The summed E-state index contributed by atoms with van der Waals surface area (Å²) in [6.07, 6.45) is 2.80. The molecule has 2 aromatic heterocycles. The van der Waals surface area contributed by atoms with Crippen molar-refractivity contribution in [3.8, 4) is 0 Å². The summed E-state index contributed by atoms with van der Waals surface area (Å²) in [4.78, 5) is 25.8. The van der Waals surface area contributed by atoms with E-state index >= 15 is 0 Å². The normalized spacial score (nSPS) is 10.2. The molecule has 0 aliphatic heterocycles. The predicted octanol–water partition coefficient (Wildman–Crippen LogP) is -0.137. The van der Waals surface area contributed by atoms with Gasteiger partial charge in [0.1, 0.15) is 0 Å². The van der Waals surface area contributed by atoms with Crippen molar-refractivity contribution in [2.45, 2.75) is 6.54 Å². The zero-order valence-corrected chi connectivity index (χ0v) is 9.92. The SMILES string of the molecule is O=C(O)c1cn(CCNC(=O)c2csnn2)cn1. The number of nitrogens with one attached hydrogen (secondary N) is 1. The molecular formula is C9H9N5O3S. The fourth-order valence-corrected chi connectivity index (χ4v) is 1.68. The number of hydrogen-bond acceptors (Lipinski definition) is 6. The molecule has 18 heavy (non-hydrogen) atoms. The van der Waals surface area contributed by atoms with Crippen molar-refractivity contribution in [3.63, 3.8) is 0 Å². The van der Waals surface area contributed by atoms with E-state index in [2.05, 4.69) is 19.9 Å². The van der Waals surface area contributed by atoms with Crippen molar-refractivity contribution in [1.82, 2.24) is 24.5 Å². The van der Waals surface area contributed by atoms with Gasteiger partial charge in [-0.15, -0.1) is 5.10 Å². The van der Waals surface area contributed by atoms with E-state index in [9.17, 15) is 9.59 Å². The van der Waals surface area contributed by atoms with Crippen LogP contribution in [0.4, 0.5) is 0 Å². The van der Waals surface area contributed by atoms with Crippen LogP contribution in [0.15, 0.2) is 17.9 Å². The minimum absolute atomic E-state index is 0.0231. The second-order valence-electron chi connectivity index (χ2n) is 3.35. The molecule has 0 bridgehead atoms. The van der Waals surface area contributed by atoms with Crippen molar-refractivity contribution in [2.24, 2.45) is 0 Å². The highest BCUT2D eigenvalue weighted by atomic mass is 32.1. The third-order valence-corrected chi connectivity index (χ3v) is 2.61. The molecule has 0 saturated carbocycles. The zero-order valence-electron chi connectivity index (χ0n) is 9.11. The van der Waals surface area contributed by atoms with E-state index in [0.29, 0.717) is 13.1 Å².